The molecule has 1 aliphatic rings. The Bertz CT molecular complexity index is 859. The van der Waals surface area contributed by atoms with E-state index >= 15 is 0 Å². The van der Waals surface area contributed by atoms with E-state index in [2.05, 4.69) is 10.3 Å². The minimum absolute atomic E-state index is 0.279. The van der Waals surface area contributed by atoms with Crippen LogP contribution in [0.1, 0.15) is 22.1 Å². The third-order valence-corrected chi connectivity index (χ3v) is 3.53. The first-order valence-electron chi connectivity index (χ1n) is 6.33. The number of aromatic nitrogens is 1. The van der Waals surface area contributed by atoms with Gasteiger partial charge in [0, 0.05) is 10.6 Å². The number of halogens is 1. The third kappa shape index (κ3) is 2.02. The van der Waals surface area contributed by atoms with E-state index in [4.69, 9.17) is 20.8 Å². The number of fused-ring (bicyclic) bond motifs is 2. The maximum atomic E-state index is 11.8. The van der Waals surface area contributed by atoms with Crippen molar-refractivity contribution in [3.8, 4) is 0 Å². The summed E-state index contributed by atoms with van der Waals surface area (Å²) in [5.41, 5.74) is 2.57. The van der Waals surface area contributed by atoms with Gasteiger partial charge in [-0.3, -0.25) is 5.32 Å². The Labute approximate surface area is 124 Å². The fourth-order valence-electron chi connectivity index (χ4n) is 2.33. The van der Waals surface area contributed by atoms with E-state index in [0.29, 0.717) is 21.7 Å². The molecule has 0 saturated heterocycles. The van der Waals surface area contributed by atoms with E-state index in [1.165, 1.54) is 0 Å². The molecule has 1 atom stereocenters. The molecular weight excluding hydrogens is 292 g/mol. The van der Waals surface area contributed by atoms with Crippen LogP contribution in [0.4, 0.5) is 6.01 Å². The smallest absolute Gasteiger partial charge is 0.340 e. The lowest BCUT2D eigenvalue weighted by Gasteiger charge is -2.10. The first-order valence-corrected chi connectivity index (χ1v) is 6.71. The van der Waals surface area contributed by atoms with Gasteiger partial charge in [0.1, 0.15) is 5.52 Å². The summed E-state index contributed by atoms with van der Waals surface area (Å²) in [5, 5.41) is 3.56. The Morgan fingerprint density at radius 2 is 2.05 bits per heavy atom. The summed E-state index contributed by atoms with van der Waals surface area (Å²) in [7, 11) is 0. The maximum absolute atomic E-state index is 11.8. The lowest BCUT2D eigenvalue weighted by Crippen LogP contribution is -2.10. The number of cyclic esters (lactones) is 1. The predicted molar refractivity (Wildman–Crippen MR) is 77.2 cm³/mol. The van der Waals surface area contributed by atoms with Crippen molar-refractivity contribution in [1.29, 1.82) is 0 Å². The number of ether oxygens (including phenoxy) is 1. The molecule has 2 aromatic carbocycles. The molecule has 2 heterocycles. The van der Waals surface area contributed by atoms with Gasteiger partial charge in [-0.25, -0.2) is 4.79 Å². The molecule has 0 amide bonds. The monoisotopic (exact) mass is 300 g/mol. The molecule has 3 aromatic rings. The minimum atomic E-state index is -0.600. The van der Waals surface area contributed by atoms with Crippen molar-refractivity contribution in [2.45, 2.75) is 6.23 Å². The van der Waals surface area contributed by atoms with Crippen LogP contribution in [-0.4, -0.2) is 11.0 Å². The normalized spacial score (nSPS) is 16.8. The van der Waals surface area contributed by atoms with Crippen molar-refractivity contribution >= 4 is 34.7 Å². The van der Waals surface area contributed by atoms with E-state index in [9.17, 15) is 4.79 Å². The number of rotatable bonds is 2. The molecule has 21 heavy (non-hydrogen) atoms. The summed E-state index contributed by atoms with van der Waals surface area (Å²) >= 11 is 5.91. The molecule has 0 aliphatic carbocycles. The van der Waals surface area contributed by atoms with Gasteiger partial charge in [0.15, 0.2) is 5.58 Å². The van der Waals surface area contributed by atoms with Gasteiger partial charge in [-0.15, -0.1) is 0 Å². The number of hydrogen-bond acceptors (Lipinski definition) is 5. The van der Waals surface area contributed by atoms with Crippen molar-refractivity contribution in [2.24, 2.45) is 0 Å². The molecule has 0 bridgehead atoms. The second-order valence-corrected chi connectivity index (χ2v) is 5.08. The molecule has 0 fully saturated rings. The van der Waals surface area contributed by atoms with E-state index < -0.39 is 6.23 Å². The molecule has 1 aliphatic heterocycles. The van der Waals surface area contributed by atoms with Crippen LogP contribution < -0.4 is 5.32 Å². The zero-order valence-corrected chi connectivity index (χ0v) is 11.4. The van der Waals surface area contributed by atoms with Crippen LogP contribution in [0.15, 0.2) is 46.9 Å². The zero-order chi connectivity index (χ0) is 14.4. The molecule has 1 N–H and O–H groups in total. The summed E-state index contributed by atoms with van der Waals surface area (Å²) in [5.74, 6) is -0.359. The van der Waals surface area contributed by atoms with Gasteiger partial charge in [0.05, 0.1) is 5.56 Å². The second kappa shape index (κ2) is 4.49. The van der Waals surface area contributed by atoms with Crippen LogP contribution in [0.2, 0.25) is 5.02 Å². The van der Waals surface area contributed by atoms with Gasteiger partial charge < -0.3 is 9.15 Å². The van der Waals surface area contributed by atoms with Gasteiger partial charge in [-0.05, 0) is 24.3 Å². The summed E-state index contributed by atoms with van der Waals surface area (Å²) in [6.45, 7) is 0. The molecular formula is C15H9ClN2O3. The predicted octanol–water partition coefficient (Wildman–Crippen LogP) is 3.76. The summed E-state index contributed by atoms with van der Waals surface area (Å²) in [4.78, 5) is 16.0. The topological polar surface area (TPSA) is 64.4 Å². The molecule has 5 nitrogen and oxygen atoms in total. The maximum Gasteiger partial charge on any atom is 0.340 e. The number of nitrogens with one attached hydrogen (secondary N) is 1. The van der Waals surface area contributed by atoms with Crippen molar-refractivity contribution in [3.05, 3.63) is 58.6 Å². The summed E-state index contributed by atoms with van der Waals surface area (Å²) in [6, 6.07) is 12.7. The third-order valence-electron chi connectivity index (χ3n) is 3.29. The first-order chi connectivity index (χ1) is 10.2. The fourth-order valence-corrected chi connectivity index (χ4v) is 2.49. The number of esters is 1. The number of carbonyl (C=O) groups excluding carboxylic acids is 1. The van der Waals surface area contributed by atoms with Crippen molar-refractivity contribution in [1.82, 2.24) is 4.98 Å². The van der Waals surface area contributed by atoms with E-state index in [1.807, 2.05) is 12.1 Å². The highest BCUT2D eigenvalue weighted by atomic mass is 35.5. The average molecular weight is 301 g/mol. The largest absolute Gasteiger partial charge is 0.434 e. The van der Waals surface area contributed by atoms with Crippen molar-refractivity contribution < 1.29 is 13.9 Å². The lowest BCUT2D eigenvalue weighted by atomic mass is 10.1. The number of benzene rings is 2. The van der Waals surface area contributed by atoms with Gasteiger partial charge in [0.2, 0.25) is 6.23 Å². The van der Waals surface area contributed by atoms with E-state index in [1.54, 1.807) is 30.3 Å². The molecule has 4 rings (SSSR count). The van der Waals surface area contributed by atoms with Gasteiger partial charge in [-0.2, -0.15) is 4.98 Å². The fraction of sp³-hybridized carbons (Fsp3) is 0.0667. The standard InChI is InChI=1S/C15H9ClN2O3/c16-8-5-6-12-11(7-8)17-15(20-12)18-13-9-3-1-2-4-10(9)14(19)21-13/h1-7,13H,(H,17,18). The molecule has 6 heteroatoms. The number of hydrogen-bond donors (Lipinski definition) is 1. The van der Waals surface area contributed by atoms with Crippen LogP contribution in [0.25, 0.3) is 11.1 Å². The minimum Gasteiger partial charge on any atom is -0.434 e. The van der Waals surface area contributed by atoms with Crippen LogP contribution in [-0.2, 0) is 4.74 Å². The summed E-state index contributed by atoms with van der Waals surface area (Å²) in [6.07, 6.45) is -0.600. The highest BCUT2D eigenvalue weighted by Crippen LogP contribution is 2.32. The Kier molecular flexibility index (Phi) is 2.62. The van der Waals surface area contributed by atoms with Crippen molar-refractivity contribution in [3.63, 3.8) is 0 Å². The zero-order valence-electron chi connectivity index (χ0n) is 10.7. The molecule has 1 unspecified atom stereocenters. The van der Waals surface area contributed by atoms with Gasteiger partial charge in [0.25, 0.3) is 6.01 Å². The number of oxazole rings is 1. The highest BCUT2D eigenvalue weighted by Gasteiger charge is 2.31. The number of anilines is 1. The molecule has 0 saturated carbocycles. The van der Waals surface area contributed by atoms with E-state index in [-0.39, 0.29) is 12.0 Å². The Hall–Kier alpha value is -2.53. The average Bonchev–Trinajstić information content (AvgIpc) is 3.01. The first kappa shape index (κ1) is 12.2. The lowest BCUT2D eigenvalue weighted by molar-refractivity contribution is 0.0433. The highest BCUT2D eigenvalue weighted by molar-refractivity contribution is 6.31. The van der Waals surface area contributed by atoms with Crippen LogP contribution in [0.3, 0.4) is 0 Å². The Balaban J connectivity index is 1.68. The quantitative estimate of drug-likeness (QED) is 0.730. The molecule has 0 spiro atoms. The number of carbonyl (C=O) groups is 1. The van der Waals surface area contributed by atoms with Gasteiger partial charge >= 0.3 is 5.97 Å². The SMILES string of the molecule is O=C1OC(Nc2nc3cc(Cl)ccc3o2)c2ccccc21. The summed E-state index contributed by atoms with van der Waals surface area (Å²) < 4.78 is 10.8. The number of nitrogens with zero attached hydrogens (tertiary/aromatic N) is 1. The Morgan fingerprint density at radius 3 is 2.95 bits per heavy atom. The Morgan fingerprint density at radius 1 is 1.19 bits per heavy atom. The van der Waals surface area contributed by atoms with Crippen LogP contribution >= 0.6 is 11.6 Å². The van der Waals surface area contributed by atoms with Crippen LogP contribution in [0.5, 0.6) is 0 Å². The second-order valence-electron chi connectivity index (χ2n) is 4.65. The molecule has 104 valence electrons. The van der Waals surface area contributed by atoms with Gasteiger partial charge in [-0.1, -0.05) is 29.8 Å². The molecule has 0 radical (unpaired) electrons. The van der Waals surface area contributed by atoms with Crippen LogP contribution in [0, 0.1) is 0 Å². The van der Waals surface area contributed by atoms with Crippen molar-refractivity contribution in [2.75, 3.05) is 5.32 Å². The molecule has 1 aromatic heterocycles. The van der Waals surface area contributed by atoms with E-state index in [0.717, 1.165) is 5.56 Å².